The van der Waals surface area contributed by atoms with E-state index in [0.29, 0.717) is 18.0 Å². The minimum Gasteiger partial charge on any atom is -0.459 e. The summed E-state index contributed by atoms with van der Waals surface area (Å²) in [6.07, 6.45) is -8.20. The van der Waals surface area contributed by atoms with E-state index in [2.05, 4.69) is 16.3 Å². The molecule has 2 unspecified atom stereocenters. The van der Waals surface area contributed by atoms with Gasteiger partial charge in [0.05, 0.1) is 52.6 Å². The van der Waals surface area contributed by atoms with Gasteiger partial charge in [0.15, 0.2) is 12.6 Å². The van der Waals surface area contributed by atoms with E-state index in [1.165, 1.54) is 14.0 Å². The molecule has 2 heterocycles. The highest BCUT2D eigenvalue weighted by molar-refractivity contribution is 6.34. The summed E-state index contributed by atoms with van der Waals surface area (Å²) in [5.74, 6) is -3.17. The Labute approximate surface area is 386 Å². The molecule has 1 amide bonds. The predicted molar refractivity (Wildman–Crippen MR) is 242 cm³/mol. The van der Waals surface area contributed by atoms with Gasteiger partial charge in [0, 0.05) is 25.5 Å². The van der Waals surface area contributed by atoms with Crippen molar-refractivity contribution in [2.45, 2.75) is 193 Å². The average Bonchev–Trinajstić information content (AvgIpc) is 3.22. The minimum absolute atomic E-state index is 0.0303. The molecule has 17 nitrogen and oxygen atoms in total. The molecular formula is C46H81ClN4O13. The maximum absolute atomic E-state index is 14.4. The minimum atomic E-state index is -1.76. The number of nitrogens with one attached hydrogen (secondary N) is 3. The Morgan fingerprint density at radius 3 is 2.31 bits per heavy atom. The van der Waals surface area contributed by atoms with Gasteiger partial charge in [0.25, 0.3) is 5.91 Å². The van der Waals surface area contributed by atoms with Crippen molar-refractivity contribution in [3.63, 3.8) is 0 Å². The molecule has 0 aliphatic carbocycles. The lowest BCUT2D eigenvalue weighted by molar-refractivity contribution is -0.325. The van der Waals surface area contributed by atoms with Crippen LogP contribution in [-0.2, 0) is 38.1 Å². The molecule has 0 bridgehead atoms. The third kappa shape index (κ3) is 14.0. The highest BCUT2D eigenvalue weighted by atomic mass is 35.5. The van der Waals surface area contributed by atoms with Gasteiger partial charge in [-0.05, 0) is 119 Å². The van der Waals surface area contributed by atoms with Crippen molar-refractivity contribution in [1.82, 2.24) is 21.2 Å². The van der Waals surface area contributed by atoms with E-state index in [0.717, 1.165) is 5.56 Å². The lowest BCUT2D eigenvalue weighted by atomic mass is 9.77. The molecule has 0 radical (unpaired) electrons. The molecule has 370 valence electrons. The standard InChI is InChI=1S/C46H81ClN4O13/c1-16-33(52)46(11,57)34(17-2)61-42(55)29(7)38(28(6)39(44(9,56)22-25(3)24-48-12)63-43-37(53)32(51(13)14)21-27(5)59-43)62-35-23-45(10,58-15)40(30(8)60-35)64-50-49-41(54)31-20-18-19-26(4)36(31)47/h18-20,25,27-30,32-35,37-40,43,48,50,52-53,56-57H,16-17,21-24H2,1-15H3,(H,49,54)/t25-,27-,28+,29-,30+,32+,33-,34-,35?,37-,38+,39-,40+,43?,44-,45-,46+/m1/s1. The Kier molecular flexibility index (Phi) is 21.3. The molecule has 1 aromatic rings. The van der Waals surface area contributed by atoms with Crippen LogP contribution in [0.4, 0.5) is 0 Å². The first kappa shape index (κ1) is 56.3. The van der Waals surface area contributed by atoms with E-state index in [9.17, 15) is 30.0 Å². The zero-order valence-electron chi connectivity index (χ0n) is 40.8. The molecule has 3 rings (SSSR count). The number of carbonyl (C=O) groups is 2. The zero-order chi connectivity index (χ0) is 48.5. The topological polar surface area (TPSA) is 219 Å². The van der Waals surface area contributed by atoms with Crippen LogP contribution in [0.25, 0.3) is 0 Å². The van der Waals surface area contributed by atoms with Gasteiger partial charge in [0.1, 0.15) is 29.5 Å². The van der Waals surface area contributed by atoms with Crippen molar-refractivity contribution in [3.05, 3.63) is 34.3 Å². The number of methoxy groups -OCH3 is 1. The van der Waals surface area contributed by atoms with E-state index in [1.807, 2.05) is 39.9 Å². The van der Waals surface area contributed by atoms with Crippen LogP contribution in [0.3, 0.4) is 0 Å². The maximum atomic E-state index is 14.4. The number of hydrazine groups is 1. The normalized spacial score (nSPS) is 30.5. The van der Waals surface area contributed by atoms with Crippen LogP contribution >= 0.6 is 11.6 Å². The van der Waals surface area contributed by atoms with E-state index < -0.39 is 95.8 Å². The van der Waals surface area contributed by atoms with E-state index in [4.69, 9.17) is 44.9 Å². The molecule has 0 aromatic heterocycles. The Balaban J connectivity index is 2.04. The molecule has 2 aliphatic rings. The molecule has 2 aliphatic heterocycles. The summed E-state index contributed by atoms with van der Waals surface area (Å²) < 4.78 is 38.4. The summed E-state index contributed by atoms with van der Waals surface area (Å²) >= 11 is 6.38. The van der Waals surface area contributed by atoms with Crippen LogP contribution in [0, 0.1) is 24.7 Å². The summed E-state index contributed by atoms with van der Waals surface area (Å²) in [7, 11) is 7.09. The van der Waals surface area contributed by atoms with Gasteiger partial charge in [-0.1, -0.05) is 51.4 Å². The summed E-state index contributed by atoms with van der Waals surface area (Å²) in [5.41, 5.74) is 1.64. The van der Waals surface area contributed by atoms with Gasteiger partial charge >= 0.3 is 5.97 Å². The van der Waals surface area contributed by atoms with Crippen molar-refractivity contribution in [1.29, 1.82) is 0 Å². The molecule has 7 N–H and O–H groups in total. The van der Waals surface area contributed by atoms with Crippen molar-refractivity contribution in [2.24, 2.45) is 17.8 Å². The monoisotopic (exact) mass is 933 g/mol. The number of rotatable bonds is 24. The van der Waals surface area contributed by atoms with E-state index in [1.54, 1.807) is 73.6 Å². The smallest absolute Gasteiger partial charge is 0.311 e. The second-order valence-corrected chi connectivity index (χ2v) is 19.5. The molecule has 2 fully saturated rings. The number of hydrogen-bond donors (Lipinski definition) is 7. The molecule has 2 saturated heterocycles. The Hall–Kier alpha value is -2.07. The van der Waals surface area contributed by atoms with E-state index in [-0.39, 0.29) is 49.3 Å². The Morgan fingerprint density at radius 1 is 1.08 bits per heavy atom. The second kappa shape index (κ2) is 24.3. The van der Waals surface area contributed by atoms with Crippen LogP contribution < -0.4 is 16.3 Å². The van der Waals surface area contributed by atoms with Gasteiger partial charge in [-0.3, -0.25) is 19.9 Å². The summed E-state index contributed by atoms with van der Waals surface area (Å²) in [6, 6.07) is 4.81. The first-order valence-corrected chi connectivity index (χ1v) is 23.1. The van der Waals surface area contributed by atoms with Crippen LogP contribution in [0.15, 0.2) is 18.2 Å². The molecular weight excluding hydrogens is 852 g/mol. The Morgan fingerprint density at radius 2 is 1.73 bits per heavy atom. The van der Waals surface area contributed by atoms with Crippen molar-refractivity contribution < 1.29 is 63.3 Å². The fraction of sp³-hybridized carbons (Fsp3) is 0.826. The lowest BCUT2D eigenvalue weighted by Crippen LogP contribution is -2.62. The van der Waals surface area contributed by atoms with Crippen LogP contribution in [0.5, 0.6) is 0 Å². The molecule has 64 heavy (non-hydrogen) atoms. The first-order chi connectivity index (χ1) is 29.8. The number of aliphatic hydroxyl groups is 4. The number of carbonyl (C=O) groups excluding carboxylic acids is 2. The van der Waals surface area contributed by atoms with Gasteiger partial charge < -0.3 is 59.1 Å². The van der Waals surface area contributed by atoms with Gasteiger partial charge in [-0.15, -0.1) is 5.59 Å². The lowest BCUT2D eigenvalue weighted by Gasteiger charge is -2.49. The number of benzene rings is 1. The number of ether oxygens (including phenoxy) is 6. The number of likely N-dealkylation sites (N-methyl/N-ethyl adjacent to an activating group) is 1. The summed E-state index contributed by atoms with van der Waals surface area (Å²) in [4.78, 5) is 35.3. The second-order valence-electron chi connectivity index (χ2n) is 19.1. The molecule has 18 heteroatoms. The summed E-state index contributed by atoms with van der Waals surface area (Å²) in [6.45, 7) is 19.9. The number of aryl methyl sites for hydroxylation is 1. The largest absolute Gasteiger partial charge is 0.459 e. The highest BCUT2D eigenvalue weighted by Crippen LogP contribution is 2.40. The molecule has 1 aromatic carbocycles. The number of halogens is 1. The fourth-order valence-electron chi connectivity index (χ4n) is 9.38. The van der Waals surface area contributed by atoms with Gasteiger partial charge in [-0.25, -0.2) is 0 Å². The maximum Gasteiger partial charge on any atom is 0.311 e. The summed E-state index contributed by atoms with van der Waals surface area (Å²) in [5, 5.41) is 49.7. The van der Waals surface area contributed by atoms with Crippen molar-refractivity contribution in [3.8, 4) is 0 Å². The first-order valence-electron chi connectivity index (χ1n) is 22.7. The van der Waals surface area contributed by atoms with Crippen LogP contribution in [0.2, 0.25) is 5.02 Å². The Bertz CT molecular complexity index is 1620. The number of amides is 1. The third-order valence-electron chi connectivity index (χ3n) is 13.2. The average molecular weight is 934 g/mol. The van der Waals surface area contributed by atoms with Crippen molar-refractivity contribution >= 4 is 23.5 Å². The van der Waals surface area contributed by atoms with Gasteiger partial charge in [-0.2, -0.15) is 0 Å². The molecule has 0 saturated carbocycles. The number of esters is 1. The quantitative estimate of drug-likeness (QED) is 0.0575. The van der Waals surface area contributed by atoms with E-state index >= 15 is 0 Å². The third-order valence-corrected chi connectivity index (χ3v) is 13.7. The van der Waals surface area contributed by atoms with Gasteiger partial charge in [0.2, 0.25) is 0 Å². The molecule has 17 atom stereocenters. The SMILES string of the molecule is CC[C@@H](O)[C@](C)(O)[C@@H](CC)OC(=O)[C@H](C)[C@@H](OC1C[C@@](C)(OC)[C@@H](ONNC(=O)c2cccc(C)c2Cl)[C@H](C)O1)[C@H](C)[C@@H](OC1O[C@H](C)C[C@H](N(C)C)[C@H]1O)[C@](C)(O)C[C@@H](C)CNC. The predicted octanol–water partition coefficient (Wildman–Crippen LogP) is 4.03. The van der Waals surface area contributed by atoms with Crippen LogP contribution in [-0.4, -0.2) is 156 Å². The highest BCUT2D eigenvalue weighted by Gasteiger charge is 2.52. The fourth-order valence-corrected chi connectivity index (χ4v) is 9.59. The zero-order valence-corrected chi connectivity index (χ0v) is 41.6. The van der Waals surface area contributed by atoms with Crippen LogP contribution in [0.1, 0.15) is 117 Å². The number of hydrogen-bond acceptors (Lipinski definition) is 16. The van der Waals surface area contributed by atoms with Crippen molar-refractivity contribution in [2.75, 3.05) is 34.8 Å². The molecule has 0 spiro atoms. The number of aliphatic hydroxyl groups excluding tert-OH is 2. The number of nitrogens with zero attached hydrogens (tertiary/aromatic N) is 1.